The van der Waals surface area contributed by atoms with E-state index in [4.69, 9.17) is 0 Å². The molecule has 1 aliphatic heterocycles. The van der Waals surface area contributed by atoms with Crippen LogP contribution in [0.25, 0.3) is 0 Å². The molecule has 3 rings (SSSR count). The molecule has 124 valence electrons. The zero-order chi connectivity index (χ0) is 14.3. The van der Waals surface area contributed by atoms with E-state index in [0.29, 0.717) is 0 Å². The molecule has 2 aliphatic carbocycles. The largest absolute Gasteiger partial charge is 1.00 e. The maximum absolute atomic E-state index is 2.44. The van der Waals surface area contributed by atoms with Crippen LogP contribution < -0.4 is 24.8 Å². The number of rotatable bonds is 0. The van der Waals surface area contributed by atoms with Crippen LogP contribution in [0.2, 0.25) is 0 Å². The van der Waals surface area contributed by atoms with Crippen LogP contribution in [-0.2, 0) is 23.2 Å². The van der Waals surface area contributed by atoms with Crippen LogP contribution in [0.1, 0.15) is 64.2 Å². The van der Waals surface area contributed by atoms with E-state index >= 15 is 0 Å². The van der Waals surface area contributed by atoms with Gasteiger partial charge in [0.15, 0.2) is 0 Å². The van der Waals surface area contributed by atoms with Crippen molar-refractivity contribution in [1.29, 1.82) is 0 Å². The van der Waals surface area contributed by atoms with E-state index in [0.717, 1.165) is 0 Å². The zero-order valence-electron chi connectivity index (χ0n) is 13.8. The number of hydrogen-bond acceptors (Lipinski definition) is 0. The van der Waals surface area contributed by atoms with Crippen molar-refractivity contribution in [3.8, 4) is 0 Å². The quantitative estimate of drug-likeness (QED) is 0.484. The van der Waals surface area contributed by atoms with Crippen molar-refractivity contribution in [2.75, 3.05) is 0 Å². The molecule has 3 heteroatoms. The van der Waals surface area contributed by atoms with Crippen LogP contribution in [0, 0.1) is 0 Å². The van der Waals surface area contributed by atoms with Gasteiger partial charge in [0.2, 0.25) is 0 Å². The summed E-state index contributed by atoms with van der Waals surface area (Å²) in [6.07, 6.45) is 27.8. The Morgan fingerprint density at radius 1 is 0.609 bits per heavy atom. The molecule has 0 N–H and O–H groups in total. The Morgan fingerprint density at radius 3 is 1.57 bits per heavy atom. The minimum atomic E-state index is -0.479. The monoisotopic (exact) mass is 426 g/mol. The predicted octanol–water partition coefficient (Wildman–Crippen LogP) is 0.196. The van der Waals surface area contributed by atoms with E-state index in [2.05, 4.69) is 36.5 Å². The molecule has 0 nitrogen and oxygen atoms in total. The average molecular weight is 429 g/mol. The van der Waals surface area contributed by atoms with E-state index < -0.39 is 23.2 Å². The van der Waals surface area contributed by atoms with Crippen LogP contribution in [0.3, 0.4) is 0 Å². The van der Waals surface area contributed by atoms with Gasteiger partial charge in [-0.2, -0.15) is 0 Å². The van der Waals surface area contributed by atoms with Crippen molar-refractivity contribution in [3.05, 3.63) is 54.2 Å². The van der Waals surface area contributed by atoms with Gasteiger partial charge in [-0.25, -0.2) is 0 Å². The van der Waals surface area contributed by atoms with Gasteiger partial charge in [0.1, 0.15) is 0 Å². The van der Waals surface area contributed by atoms with Gasteiger partial charge in [0, 0.05) is 0 Å². The summed E-state index contributed by atoms with van der Waals surface area (Å²) in [6, 6.07) is 0. The summed E-state index contributed by atoms with van der Waals surface area (Å²) in [4.78, 5) is 0. The maximum Gasteiger partial charge on any atom is -1.00 e. The first kappa shape index (κ1) is 21.2. The smallest absolute Gasteiger partial charge is 1.00 e. The van der Waals surface area contributed by atoms with E-state index in [-0.39, 0.29) is 24.8 Å². The van der Waals surface area contributed by atoms with Gasteiger partial charge in [-0.05, 0) is 0 Å². The molecule has 0 fully saturated rings. The third kappa shape index (κ3) is 6.52. The number of halogens is 2. The average Bonchev–Trinajstić information content (AvgIpc) is 3.11. The number of allylic oxidation sites excluding steroid dienone is 10. The molecular weight excluding hydrogens is 402 g/mol. The standard InChI is InChI=1S/C20H26.2ClH.Zr/c1(3-5-7-13-19-15-9-10-16-19)2-4-6-8-14-20-17-11-12-18-20;;;/h1-2,9,11,15,17H,3-8,10,12-14H2;2*1H;/q;;;+2/p-2/b2-1-;;;. The molecule has 3 aliphatic rings. The molecule has 0 saturated carbocycles. The summed E-state index contributed by atoms with van der Waals surface area (Å²) < 4.78 is 3.75. The second-order valence-corrected chi connectivity index (χ2v) is 9.89. The van der Waals surface area contributed by atoms with E-state index in [1.807, 2.05) is 6.56 Å². The SMILES string of the molecule is C1=CC2=[C](C1)[Zr+2][C]1=C(C=CC1)CCCC/C=C\CCCC2.[Cl-].[Cl-]. The Kier molecular flexibility index (Phi) is 10.8. The summed E-state index contributed by atoms with van der Waals surface area (Å²) >= 11 is -0.479. The van der Waals surface area contributed by atoms with Gasteiger partial charge in [-0.3, -0.25) is 0 Å². The Morgan fingerprint density at radius 2 is 1.09 bits per heavy atom. The topological polar surface area (TPSA) is 0 Å². The molecule has 0 amide bonds. The van der Waals surface area contributed by atoms with Crippen LogP contribution in [0.4, 0.5) is 0 Å². The van der Waals surface area contributed by atoms with Crippen molar-refractivity contribution in [2.24, 2.45) is 0 Å². The van der Waals surface area contributed by atoms with E-state index in [1.165, 1.54) is 64.2 Å². The minimum Gasteiger partial charge on any atom is -1.00 e. The molecule has 0 atom stereocenters. The van der Waals surface area contributed by atoms with Crippen LogP contribution in [0.5, 0.6) is 0 Å². The van der Waals surface area contributed by atoms with Gasteiger partial charge in [0.05, 0.1) is 0 Å². The Hall–Kier alpha value is 0.163. The first-order chi connectivity index (χ1) is 10.4. The van der Waals surface area contributed by atoms with E-state index in [1.54, 1.807) is 11.1 Å². The van der Waals surface area contributed by atoms with Crippen molar-refractivity contribution in [1.82, 2.24) is 0 Å². The fourth-order valence-corrected chi connectivity index (χ4v) is 7.20. The third-order valence-corrected chi connectivity index (χ3v) is 8.73. The molecule has 1 heterocycles. The minimum absolute atomic E-state index is 0. The summed E-state index contributed by atoms with van der Waals surface area (Å²) in [5.74, 6) is 0. The second-order valence-electron chi connectivity index (χ2n) is 6.31. The fraction of sp³-hybridized carbons (Fsp3) is 0.500. The normalized spacial score (nSPS) is 22.6. The molecular formula is C20H26Cl2Zr. The van der Waals surface area contributed by atoms with Gasteiger partial charge in [-0.1, -0.05) is 0 Å². The van der Waals surface area contributed by atoms with Crippen molar-refractivity contribution in [3.63, 3.8) is 0 Å². The van der Waals surface area contributed by atoms with Gasteiger partial charge in [-0.15, -0.1) is 0 Å². The van der Waals surface area contributed by atoms with Gasteiger partial charge < -0.3 is 24.8 Å². The Bertz CT molecular complexity index is 478. The summed E-state index contributed by atoms with van der Waals surface area (Å²) in [6.45, 7) is 0. The first-order valence-corrected chi connectivity index (χ1v) is 11.1. The molecule has 0 radical (unpaired) electrons. The Labute approximate surface area is 165 Å². The molecule has 0 bridgehead atoms. The van der Waals surface area contributed by atoms with Gasteiger partial charge >= 0.3 is 142 Å². The van der Waals surface area contributed by atoms with Crippen LogP contribution >= 0.6 is 0 Å². The molecule has 0 aromatic rings. The molecule has 0 saturated heterocycles. The summed E-state index contributed by atoms with van der Waals surface area (Å²) in [7, 11) is 0. The Balaban J connectivity index is 0.00000132. The maximum atomic E-state index is 2.44. The summed E-state index contributed by atoms with van der Waals surface area (Å²) in [5.41, 5.74) is 3.44. The van der Waals surface area contributed by atoms with Crippen molar-refractivity contribution in [2.45, 2.75) is 64.2 Å². The first-order valence-electron chi connectivity index (χ1n) is 8.62. The van der Waals surface area contributed by atoms with Crippen molar-refractivity contribution < 1.29 is 48.0 Å². The molecule has 0 unspecified atom stereocenters. The second kappa shape index (κ2) is 11.7. The fourth-order valence-electron chi connectivity index (χ4n) is 3.41. The summed E-state index contributed by atoms with van der Waals surface area (Å²) in [5, 5.41) is 0. The van der Waals surface area contributed by atoms with Crippen LogP contribution in [0.15, 0.2) is 54.2 Å². The molecule has 0 spiro atoms. The predicted molar refractivity (Wildman–Crippen MR) is 87.6 cm³/mol. The van der Waals surface area contributed by atoms with E-state index in [9.17, 15) is 0 Å². The number of hydrogen-bond donors (Lipinski definition) is 0. The third-order valence-electron chi connectivity index (χ3n) is 4.66. The molecule has 0 aromatic carbocycles. The molecule has 23 heavy (non-hydrogen) atoms. The van der Waals surface area contributed by atoms with Crippen LogP contribution in [-0.4, -0.2) is 0 Å². The molecule has 0 aromatic heterocycles. The van der Waals surface area contributed by atoms with Gasteiger partial charge in [0.25, 0.3) is 0 Å². The van der Waals surface area contributed by atoms with Crippen molar-refractivity contribution >= 4 is 0 Å². The zero-order valence-corrected chi connectivity index (χ0v) is 17.8.